The van der Waals surface area contributed by atoms with Gasteiger partial charge in [-0.15, -0.1) is 0 Å². The van der Waals surface area contributed by atoms with Gasteiger partial charge < -0.3 is 9.88 Å². The maximum absolute atomic E-state index is 3.28. The summed E-state index contributed by atoms with van der Waals surface area (Å²) in [7, 11) is 4.18. The Morgan fingerprint density at radius 1 is 1.20 bits per heavy atom. The minimum Gasteiger partial charge on any atom is -0.377 e. The number of nitrogens with one attached hydrogen (secondary N) is 1. The van der Waals surface area contributed by atoms with E-state index in [-0.39, 0.29) is 0 Å². The van der Waals surface area contributed by atoms with Crippen molar-refractivity contribution in [2.75, 3.05) is 19.0 Å². The van der Waals surface area contributed by atoms with E-state index in [9.17, 15) is 0 Å². The Labute approximate surface area is 90.9 Å². The SMILES string of the molecule is CC(C)c1cc(N(C)C)c2cc[nH]c2c1. The number of nitrogens with zero attached hydrogens (tertiary/aromatic N) is 1. The summed E-state index contributed by atoms with van der Waals surface area (Å²) < 4.78 is 0. The maximum atomic E-state index is 3.28. The van der Waals surface area contributed by atoms with E-state index in [1.807, 2.05) is 6.20 Å². The van der Waals surface area contributed by atoms with E-state index in [0.29, 0.717) is 5.92 Å². The fraction of sp³-hybridized carbons (Fsp3) is 0.385. The topological polar surface area (TPSA) is 19.0 Å². The minimum absolute atomic E-state index is 0.566. The van der Waals surface area contributed by atoms with Crippen LogP contribution in [-0.2, 0) is 0 Å². The molecule has 0 radical (unpaired) electrons. The third-order valence-corrected chi connectivity index (χ3v) is 2.82. The smallest absolute Gasteiger partial charge is 0.0477 e. The first-order valence-corrected chi connectivity index (χ1v) is 5.38. The van der Waals surface area contributed by atoms with Gasteiger partial charge in [0.2, 0.25) is 0 Å². The highest BCUT2D eigenvalue weighted by molar-refractivity contribution is 5.93. The van der Waals surface area contributed by atoms with Gasteiger partial charge in [0, 0.05) is 36.9 Å². The molecule has 0 aliphatic rings. The summed E-state index contributed by atoms with van der Waals surface area (Å²) in [5, 5.41) is 1.30. The van der Waals surface area contributed by atoms with Crippen molar-refractivity contribution in [3.8, 4) is 0 Å². The molecule has 0 unspecified atom stereocenters. The molecule has 0 atom stereocenters. The molecule has 2 heteroatoms. The molecule has 1 aromatic carbocycles. The van der Waals surface area contributed by atoms with Crippen molar-refractivity contribution in [3.63, 3.8) is 0 Å². The summed E-state index contributed by atoms with van der Waals surface area (Å²) in [6.45, 7) is 4.45. The van der Waals surface area contributed by atoms with Crippen molar-refractivity contribution < 1.29 is 0 Å². The number of anilines is 1. The first-order chi connectivity index (χ1) is 7.09. The Kier molecular flexibility index (Phi) is 2.43. The van der Waals surface area contributed by atoms with Crippen molar-refractivity contribution in [3.05, 3.63) is 30.0 Å². The molecular formula is C13H18N2. The van der Waals surface area contributed by atoms with Crippen LogP contribution in [0.5, 0.6) is 0 Å². The zero-order valence-corrected chi connectivity index (χ0v) is 9.83. The predicted molar refractivity (Wildman–Crippen MR) is 66.7 cm³/mol. The molecule has 1 aromatic heterocycles. The number of fused-ring (bicyclic) bond motifs is 1. The number of hydrogen-bond donors (Lipinski definition) is 1. The van der Waals surface area contributed by atoms with Crippen LogP contribution in [0, 0.1) is 0 Å². The lowest BCUT2D eigenvalue weighted by Gasteiger charge is -2.17. The molecule has 0 spiro atoms. The van der Waals surface area contributed by atoms with Gasteiger partial charge in [-0.1, -0.05) is 13.8 Å². The van der Waals surface area contributed by atoms with Gasteiger partial charge in [0.05, 0.1) is 0 Å². The molecule has 2 rings (SSSR count). The van der Waals surface area contributed by atoms with E-state index in [1.165, 1.54) is 22.2 Å². The van der Waals surface area contributed by atoms with Gasteiger partial charge in [0.15, 0.2) is 0 Å². The van der Waals surface area contributed by atoms with Crippen LogP contribution in [-0.4, -0.2) is 19.1 Å². The van der Waals surface area contributed by atoms with Crippen LogP contribution in [0.4, 0.5) is 5.69 Å². The van der Waals surface area contributed by atoms with Crippen LogP contribution < -0.4 is 4.90 Å². The molecule has 15 heavy (non-hydrogen) atoms. The van der Waals surface area contributed by atoms with Crippen LogP contribution in [0.1, 0.15) is 25.3 Å². The molecule has 80 valence electrons. The second kappa shape index (κ2) is 3.61. The summed E-state index contributed by atoms with van der Waals surface area (Å²) in [6, 6.07) is 6.66. The molecule has 0 saturated heterocycles. The third-order valence-electron chi connectivity index (χ3n) is 2.82. The van der Waals surface area contributed by atoms with Crippen molar-refractivity contribution in [2.24, 2.45) is 0 Å². The van der Waals surface area contributed by atoms with E-state index in [1.54, 1.807) is 0 Å². The Morgan fingerprint density at radius 2 is 1.93 bits per heavy atom. The fourth-order valence-electron chi connectivity index (χ4n) is 1.87. The summed E-state index contributed by atoms with van der Waals surface area (Å²) >= 11 is 0. The van der Waals surface area contributed by atoms with Crippen LogP contribution in [0.2, 0.25) is 0 Å². The van der Waals surface area contributed by atoms with E-state index in [2.05, 4.69) is 56.0 Å². The molecule has 0 aliphatic carbocycles. The number of aromatic amines is 1. The monoisotopic (exact) mass is 202 g/mol. The summed E-state index contributed by atoms with van der Waals surface area (Å²) in [4.78, 5) is 5.45. The molecule has 2 aromatic rings. The van der Waals surface area contributed by atoms with Gasteiger partial charge in [0.25, 0.3) is 0 Å². The Bertz CT molecular complexity index is 466. The lowest BCUT2D eigenvalue weighted by atomic mass is 10.0. The Balaban J connectivity index is 2.69. The molecule has 0 amide bonds. The van der Waals surface area contributed by atoms with E-state index in [0.717, 1.165) is 0 Å². The molecule has 0 bridgehead atoms. The normalized spacial score (nSPS) is 11.3. The minimum atomic E-state index is 0.566. The first kappa shape index (κ1) is 10.1. The van der Waals surface area contributed by atoms with Gasteiger partial charge >= 0.3 is 0 Å². The molecule has 0 saturated carbocycles. The Morgan fingerprint density at radius 3 is 2.53 bits per heavy atom. The maximum Gasteiger partial charge on any atom is 0.0477 e. The second-order valence-corrected chi connectivity index (χ2v) is 4.53. The number of benzene rings is 1. The van der Waals surface area contributed by atoms with Gasteiger partial charge in [-0.3, -0.25) is 0 Å². The average Bonchev–Trinajstić information content (AvgIpc) is 2.62. The van der Waals surface area contributed by atoms with Crippen LogP contribution in [0.25, 0.3) is 10.9 Å². The number of rotatable bonds is 2. The van der Waals surface area contributed by atoms with Crippen molar-refractivity contribution >= 4 is 16.6 Å². The molecule has 2 nitrogen and oxygen atoms in total. The zero-order chi connectivity index (χ0) is 11.0. The highest BCUT2D eigenvalue weighted by atomic mass is 15.1. The quantitative estimate of drug-likeness (QED) is 0.791. The van der Waals surface area contributed by atoms with Crippen molar-refractivity contribution in [1.82, 2.24) is 4.98 Å². The highest BCUT2D eigenvalue weighted by Gasteiger charge is 2.08. The molecule has 1 N–H and O–H groups in total. The number of hydrogen-bond acceptors (Lipinski definition) is 1. The first-order valence-electron chi connectivity index (χ1n) is 5.38. The van der Waals surface area contributed by atoms with Crippen molar-refractivity contribution in [1.29, 1.82) is 0 Å². The highest BCUT2D eigenvalue weighted by Crippen LogP contribution is 2.29. The second-order valence-electron chi connectivity index (χ2n) is 4.53. The average molecular weight is 202 g/mol. The van der Waals surface area contributed by atoms with Crippen LogP contribution >= 0.6 is 0 Å². The van der Waals surface area contributed by atoms with Gasteiger partial charge in [0.1, 0.15) is 0 Å². The van der Waals surface area contributed by atoms with E-state index in [4.69, 9.17) is 0 Å². The fourth-order valence-corrected chi connectivity index (χ4v) is 1.87. The largest absolute Gasteiger partial charge is 0.377 e. The van der Waals surface area contributed by atoms with Crippen LogP contribution in [0.3, 0.4) is 0 Å². The molecule has 0 fully saturated rings. The summed E-state index contributed by atoms with van der Waals surface area (Å²) in [5.74, 6) is 0.566. The summed E-state index contributed by atoms with van der Waals surface area (Å²) in [6.07, 6.45) is 2.00. The number of H-pyrrole nitrogens is 1. The van der Waals surface area contributed by atoms with Gasteiger partial charge in [-0.25, -0.2) is 0 Å². The van der Waals surface area contributed by atoms with Gasteiger partial charge in [-0.05, 0) is 29.7 Å². The lowest BCUT2D eigenvalue weighted by molar-refractivity contribution is 0.867. The third kappa shape index (κ3) is 1.72. The Hall–Kier alpha value is -1.44. The number of aromatic nitrogens is 1. The molecular weight excluding hydrogens is 184 g/mol. The van der Waals surface area contributed by atoms with Crippen molar-refractivity contribution in [2.45, 2.75) is 19.8 Å². The molecule has 1 heterocycles. The zero-order valence-electron chi connectivity index (χ0n) is 9.83. The summed E-state index contributed by atoms with van der Waals surface area (Å²) in [5.41, 5.74) is 3.90. The standard InChI is InChI=1S/C13H18N2/c1-9(2)10-7-12-11(5-6-14-12)13(8-10)15(3)4/h5-9,14H,1-4H3. The van der Waals surface area contributed by atoms with Gasteiger partial charge in [-0.2, -0.15) is 0 Å². The lowest BCUT2D eigenvalue weighted by Crippen LogP contribution is -2.09. The van der Waals surface area contributed by atoms with E-state index < -0.39 is 0 Å². The molecule has 0 aliphatic heterocycles. The predicted octanol–water partition coefficient (Wildman–Crippen LogP) is 3.36. The van der Waals surface area contributed by atoms with Crippen LogP contribution in [0.15, 0.2) is 24.4 Å². The van der Waals surface area contributed by atoms with E-state index >= 15 is 0 Å².